The van der Waals surface area contributed by atoms with Crippen molar-refractivity contribution in [2.75, 3.05) is 27.8 Å². The summed E-state index contributed by atoms with van der Waals surface area (Å²) < 4.78 is 0. The predicted octanol–water partition coefficient (Wildman–Crippen LogP) is 3.04. The molecule has 7 heteroatoms. The fourth-order valence-electron chi connectivity index (χ4n) is 2.30. The Bertz CT molecular complexity index is 788. The fraction of sp³-hybridized carbons (Fsp3) is 0.211. The van der Waals surface area contributed by atoms with Crippen LogP contribution < -0.4 is 21.3 Å². The molecule has 7 nitrogen and oxygen atoms in total. The minimum Gasteiger partial charge on any atom is -0.385 e. The Morgan fingerprint density at radius 2 is 1.27 bits per heavy atom. The van der Waals surface area contributed by atoms with Gasteiger partial charge in [-0.1, -0.05) is 6.07 Å². The third-order valence-corrected chi connectivity index (χ3v) is 3.35. The number of rotatable bonds is 7. The molecular weight excluding hydrogens is 332 g/mol. The molecule has 2 aromatic rings. The summed E-state index contributed by atoms with van der Waals surface area (Å²) in [6.45, 7) is 3.35. The van der Waals surface area contributed by atoms with Crippen molar-refractivity contribution in [3.63, 3.8) is 0 Å². The highest BCUT2D eigenvalue weighted by Gasteiger charge is 2.04. The molecule has 136 valence electrons. The summed E-state index contributed by atoms with van der Waals surface area (Å²) in [5, 5.41) is 11.3. The first kappa shape index (κ1) is 19.0. The van der Waals surface area contributed by atoms with Gasteiger partial charge in [-0.05, 0) is 42.5 Å². The van der Waals surface area contributed by atoms with Crippen LogP contribution >= 0.6 is 0 Å². The molecule has 0 aliphatic carbocycles. The van der Waals surface area contributed by atoms with Crippen LogP contribution in [0.2, 0.25) is 0 Å². The highest BCUT2D eigenvalue weighted by Crippen LogP contribution is 2.16. The van der Waals surface area contributed by atoms with Crippen LogP contribution in [0, 0.1) is 0 Å². The first-order valence-corrected chi connectivity index (χ1v) is 8.21. The van der Waals surface area contributed by atoms with E-state index in [0.717, 1.165) is 11.4 Å². The number of carbonyl (C=O) groups excluding carboxylic acids is 3. The summed E-state index contributed by atoms with van der Waals surface area (Å²) in [5.41, 5.74) is 2.84. The summed E-state index contributed by atoms with van der Waals surface area (Å²) in [6, 6.07) is 14.2. The Labute approximate surface area is 152 Å². The minimum atomic E-state index is -0.165. The Balaban J connectivity index is 1.78. The normalized spacial score (nSPS) is 9.92. The molecule has 0 spiro atoms. The second-order valence-electron chi connectivity index (χ2n) is 5.75. The summed E-state index contributed by atoms with van der Waals surface area (Å²) in [5.74, 6) is -0.417. The molecule has 0 unspecified atom stereocenters. The molecular formula is C19H22N4O3. The summed E-state index contributed by atoms with van der Waals surface area (Å²) in [6.07, 6.45) is 0.289. The maximum Gasteiger partial charge on any atom is 0.226 e. The van der Waals surface area contributed by atoms with Crippen LogP contribution in [0.25, 0.3) is 0 Å². The van der Waals surface area contributed by atoms with Gasteiger partial charge in [-0.3, -0.25) is 14.4 Å². The monoisotopic (exact) mass is 354 g/mol. The predicted molar refractivity (Wildman–Crippen MR) is 103 cm³/mol. The maximum atomic E-state index is 12.0. The lowest BCUT2D eigenvalue weighted by molar-refractivity contribution is -0.116. The number of hydrogen-bond donors (Lipinski definition) is 4. The Hall–Kier alpha value is -3.35. The first-order valence-electron chi connectivity index (χ1n) is 8.21. The van der Waals surface area contributed by atoms with Crippen molar-refractivity contribution in [3.8, 4) is 0 Å². The van der Waals surface area contributed by atoms with E-state index in [9.17, 15) is 14.4 Å². The van der Waals surface area contributed by atoms with E-state index < -0.39 is 0 Å². The standard InChI is InChI=1S/C19H22N4O3/c1-13(24)21-16-8-6-15(7-9-16)20-11-10-19(26)23-18-5-3-4-17(12-18)22-14(2)25/h3-9,12,20H,10-11H2,1-2H3,(H,21,24)(H,22,25)(H,23,26). The average Bonchev–Trinajstić information content (AvgIpc) is 2.55. The van der Waals surface area contributed by atoms with Gasteiger partial charge in [0.05, 0.1) is 0 Å². The SMILES string of the molecule is CC(=O)Nc1ccc(NCCC(=O)Nc2cccc(NC(C)=O)c2)cc1. The van der Waals surface area contributed by atoms with Gasteiger partial charge in [0.15, 0.2) is 0 Å². The number of amides is 3. The van der Waals surface area contributed by atoms with Gasteiger partial charge in [-0.15, -0.1) is 0 Å². The van der Waals surface area contributed by atoms with Crippen LogP contribution in [-0.4, -0.2) is 24.3 Å². The van der Waals surface area contributed by atoms with Gasteiger partial charge in [0, 0.05) is 49.6 Å². The molecule has 0 saturated heterocycles. The van der Waals surface area contributed by atoms with Gasteiger partial charge < -0.3 is 21.3 Å². The molecule has 0 radical (unpaired) electrons. The summed E-state index contributed by atoms with van der Waals surface area (Å²) in [7, 11) is 0. The van der Waals surface area contributed by atoms with Gasteiger partial charge in [-0.25, -0.2) is 0 Å². The van der Waals surface area contributed by atoms with E-state index in [-0.39, 0.29) is 24.1 Å². The molecule has 0 atom stereocenters. The first-order chi connectivity index (χ1) is 12.4. The highest BCUT2D eigenvalue weighted by atomic mass is 16.2. The van der Waals surface area contributed by atoms with Crippen molar-refractivity contribution in [2.45, 2.75) is 20.3 Å². The van der Waals surface area contributed by atoms with Crippen molar-refractivity contribution < 1.29 is 14.4 Å². The number of hydrogen-bond acceptors (Lipinski definition) is 4. The molecule has 26 heavy (non-hydrogen) atoms. The Morgan fingerprint density at radius 3 is 1.88 bits per heavy atom. The van der Waals surface area contributed by atoms with Crippen LogP contribution in [0.3, 0.4) is 0 Å². The van der Waals surface area contributed by atoms with E-state index in [1.54, 1.807) is 36.4 Å². The fourth-order valence-corrected chi connectivity index (χ4v) is 2.30. The molecule has 0 aromatic heterocycles. The zero-order valence-electron chi connectivity index (χ0n) is 14.8. The molecule has 0 bridgehead atoms. The Morgan fingerprint density at radius 1 is 0.731 bits per heavy atom. The molecule has 3 amide bonds. The molecule has 0 fully saturated rings. The molecule has 0 heterocycles. The van der Waals surface area contributed by atoms with Crippen LogP contribution in [0.15, 0.2) is 48.5 Å². The van der Waals surface area contributed by atoms with Crippen LogP contribution in [0.4, 0.5) is 22.7 Å². The maximum absolute atomic E-state index is 12.0. The van der Waals surface area contributed by atoms with E-state index in [2.05, 4.69) is 21.3 Å². The summed E-state index contributed by atoms with van der Waals surface area (Å²) >= 11 is 0. The Kier molecular flexibility index (Phi) is 6.73. The van der Waals surface area contributed by atoms with E-state index in [0.29, 0.717) is 17.9 Å². The third-order valence-electron chi connectivity index (χ3n) is 3.35. The lowest BCUT2D eigenvalue weighted by atomic mass is 10.2. The van der Waals surface area contributed by atoms with Crippen LogP contribution in [0.1, 0.15) is 20.3 Å². The second-order valence-corrected chi connectivity index (χ2v) is 5.75. The lowest BCUT2D eigenvalue weighted by Gasteiger charge is -2.09. The van der Waals surface area contributed by atoms with Gasteiger partial charge in [-0.2, -0.15) is 0 Å². The van der Waals surface area contributed by atoms with Gasteiger partial charge in [0.1, 0.15) is 0 Å². The van der Waals surface area contributed by atoms with Crippen molar-refractivity contribution >= 4 is 40.5 Å². The van der Waals surface area contributed by atoms with Gasteiger partial charge in [0.25, 0.3) is 0 Å². The molecule has 4 N–H and O–H groups in total. The van der Waals surface area contributed by atoms with E-state index in [4.69, 9.17) is 0 Å². The van der Waals surface area contributed by atoms with Crippen molar-refractivity contribution in [1.82, 2.24) is 0 Å². The number of anilines is 4. The summed E-state index contributed by atoms with van der Waals surface area (Å²) in [4.78, 5) is 34.1. The zero-order valence-corrected chi connectivity index (χ0v) is 14.8. The second kappa shape index (κ2) is 9.22. The number of benzene rings is 2. The van der Waals surface area contributed by atoms with E-state index in [1.807, 2.05) is 12.1 Å². The highest BCUT2D eigenvalue weighted by molar-refractivity contribution is 5.93. The van der Waals surface area contributed by atoms with E-state index >= 15 is 0 Å². The quantitative estimate of drug-likeness (QED) is 0.614. The van der Waals surface area contributed by atoms with Gasteiger partial charge in [0.2, 0.25) is 17.7 Å². The minimum absolute atomic E-state index is 0.120. The zero-order chi connectivity index (χ0) is 18.9. The molecule has 0 aliphatic rings. The van der Waals surface area contributed by atoms with Crippen molar-refractivity contribution in [3.05, 3.63) is 48.5 Å². The smallest absolute Gasteiger partial charge is 0.226 e. The van der Waals surface area contributed by atoms with E-state index in [1.165, 1.54) is 13.8 Å². The largest absolute Gasteiger partial charge is 0.385 e. The topological polar surface area (TPSA) is 99.3 Å². The molecule has 0 saturated carbocycles. The van der Waals surface area contributed by atoms with Crippen molar-refractivity contribution in [1.29, 1.82) is 0 Å². The van der Waals surface area contributed by atoms with Gasteiger partial charge >= 0.3 is 0 Å². The lowest BCUT2D eigenvalue weighted by Crippen LogP contribution is -2.16. The average molecular weight is 354 g/mol. The molecule has 2 aromatic carbocycles. The number of carbonyl (C=O) groups is 3. The molecule has 2 rings (SSSR count). The van der Waals surface area contributed by atoms with Crippen LogP contribution in [-0.2, 0) is 14.4 Å². The molecule has 0 aliphatic heterocycles. The van der Waals surface area contributed by atoms with Crippen molar-refractivity contribution in [2.24, 2.45) is 0 Å². The third kappa shape index (κ3) is 6.64. The number of nitrogens with one attached hydrogen (secondary N) is 4. The van der Waals surface area contributed by atoms with Crippen LogP contribution in [0.5, 0.6) is 0 Å².